The van der Waals surface area contributed by atoms with Crippen LogP contribution in [0.3, 0.4) is 0 Å². The molecule has 1 unspecified atom stereocenters. The quantitative estimate of drug-likeness (QED) is 0.893. The van der Waals surface area contributed by atoms with Crippen LogP contribution in [-0.4, -0.2) is 47.0 Å². The molecule has 1 aliphatic carbocycles. The maximum atomic E-state index is 12.3. The number of nitrogens with zero attached hydrogens (tertiary/aromatic N) is 3. The Morgan fingerprint density at radius 3 is 2.81 bits per heavy atom. The summed E-state index contributed by atoms with van der Waals surface area (Å²) in [7, 11) is 2.22. The molecule has 3 aliphatic rings. The Bertz CT molecular complexity index is 947. The maximum Gasteiger partial charge on any atom is 0.253 e. The highest BCUT2D eigenvalue weighted by molar-refractivity contribution is 6.06. The molecule has 5 heteroatoms. The largest absolute Gasteiger partial charge is 0.350 e. The Balaban J connectivity index is 1.45. The van der Waals surface area contributed by atoms with Gasteiger partial charge in [-0.05, 0) is 63.4 Å². The molecule has 1 amide bonds. The number of allylic oxidation sites excluding steroid dienone is 4. The van der Waals surface area contributed by atoms with E-state index in [0.29, 0.717) is 12.5 Å². The minimum atomic E-state index is 0.00120. The Morgan fingerprint density at radius 2 is 2.04 bits per heavy atom. The fourth-order valence-corrected chi connectivity index (χ4v) is 4.79. The van der Waals surface area contributed by atoms with E-state index in [1.807, 2.05) is 18.2 Å². The summed E-state index contributed by atoms with van der Waals surface area (Å²) < 4.78 is 2.22. The first-order valence-electron chi connectivity index (χ1n) is 10.1. The predicted molar refractivity (Wildman–Crippen MR) is 108 cm³/mol. The highest BCUT2D eigenvalue weighted by Gasteiger charge is 2.26. The van der Waals surface area contributed by atoms with Crippen molar-refractivity contribution in [2.75, 3.05) is 26.7 Å². The summed E-state index contributed by atoms with van der Waals surface area (Å²) in [5, 5.41) is 2.99. The number of carbonyl (C=O) groups excluding carboxylic acids is 1. The highest BCUT2D eigenvalue weighted by Crippen LogP contribution is 2.34. The number of likely N-dealkylation sites (tertiary alicyclic amines) is 1. The average molecular weight is 362 g/mol. The number of aromatic nitrogens is 2. The van der Waals surface area contributed by atoms with Gasteiger partial charge in [0.1, 0.15) is 5.82 Å². The van der Waals surface area contributed by atoms with Crippen molar-refractivity contribution in [1.82, 2.24) is 19.8 Å². The molecule has 0 radical (unpaired) electrons. The first kappa shape index (κ1) is 16.8. The normalized spacial score (nSPS) is 24.0. The number of rotatable bonds is 2. The number of nitrogens with one attached hydrogen (secondary N) is 1. The van der Waals surface area contributed by atoms with E-state index in [-0.39, 0.29) is 5.91 Å². The second-order valence-corrected chi connectivity index (χ2v) is 8.08. The number of piperidine rings is 1. The summed E-state index contributed by atoms with van der Waals surface area (Å²) in [6.45, 7) is 3.83. The van der Waals surface area contributed by atoms with Gasteiger partial charge in [-0.1, -0.05) is 24.3 Å². The summed E-state index contributed by atoms with van der Waals surface area (Å²) in [4.78, 5) is 19.7. The molecule has 0 spiro atoms. The molecule has 1 fully saturated rings. The van der Waals surface area contributed by atoms with Gasteiger partial charge >= 0.3 is 0 Å². The van der Waals surface area contributed by atoms with Gasteiger partial charge < -0.3 is 14.8 Å². The van der Waals surface area contributed by atoms with Gasteiger partial charge in [0.05, 0.1) is 16.6 Å². The van der Waals surface area contributed by atoms with Crippen molar-refractivity contribution < 1.29 is 4.79 Å². The number of amides is 1. The lowest BCUT2D eigenvalue weighted by atomic mass is 9.80. The number of hydrogen-bond donors (Lipinski definition) is 1. The first-order valence-corrected chi connectivity index (χ1v) is 10.1. The van der Waals surface area contributed by atoms with Gasteiger partial charge in [-0.3, -0.25) is 4.79 Å². The summed E-state index contributed by atoms with van der Waals surface area (Å²) in [6, 6.07) is 5.82. The molecule has 5 rings (SSSR count). The molecule has 1 saturated heterocycles. The van der Waals surface area contributed by atoms with E-state index in [1.54, 1.807) is 0 Å². The molecule has 0 saturated carbocycles. The number of hydrogen-bond acceptors (Lipinski definition) is 3. The zero-order chi connectivity index (χ0) is 18.4. The second-order valence-electron chi connectivity index (χ2n) is 8.08. The van der Waals surface area contributed by atoms with Crippen LogP contribution >= 0.6 is 0 Å². The second kappa shape index (κ2) is 6.64. The minimum Gasteiger partial charge on any atom is -0.350 e. The van der Waals surface area contributed by atoms with Gasteiger partial charge in [0, 0.05) is 18.7 Å². The van der Waals surface area contributed by atoms with E-state index >= 15 is 0 Å². The first-order chi connectivity index (χ1) is 13.2. The number of carbonyl (C=O) groups is 1. The third-order valence-electron chi connectivity index (χ3n) is 6.39. The lowest BCUT2D eigenvalue weighted by molar-refractivity contribution is 0.0956. The van der Waals surface area contributed by atoms with Crippen LogP contribution < -0.4 is 5.32 Å². The average Bonchev–Trinajstić information content (AvgIpc) is 2.98. The molecule has 2 aliphatic heterocycles. The van der Waals surface area contributed by atoms with Gasteiger partial charge in [-0.2, -0.15) is 0 Å². The molecular formula is C22H26N4O. The summed E-state index contributed by atoms with van der Waals surface area (Å²) in [5.74, 6) is 2.44. The molecular weight excluding hydrogens is 336 g/mol. The van der Waals surface area contributed by atoms with E-state index < -0.39 is 0 Å². The lowest BCUT2D eigenvalue weighted by Crippen LogP contribution is -2.33. The van der Waals surface area contributed by atoms with Crippen LogP contribution in [0.4, 0.5) is 0 Å². The standard InChI is InChI=1S/C22H26N4O/c1-25-12-9-16(10-13-25)15-5-7-17(8-6-15)21-24-19-4-2-3-18-20(19)26(21)14-11-23-22(18)27/h2-5,7-8,15-16H,6,9-14H2,1H3,(H,23,27). The van der Waals surface area contributed by atoms with Crippen LogP contribution in [0.2, 0.25) is 0 Å². The van der Waals surface area contributed by atoms with E-state index in [0.717, 1.165) is 41.3 Å². The van der Waals surface area contributed by atoms with Crippen molar-refractivity contribution in [1.29, 1.82) is 0 Å². The maximum absolute atomic E-state index is 12.3. The monoisotopic (exact) mass is 362 g/mol. The Labute approximate surface area is 159 Å². The van der Waals surface area contributed by atoms with Crippen LogP contribution in [0.5, 0.6) is 0 Å². The SMILES string of the molecule is CN1CCC(C2C=CC(c3nc4cccc5c4n3CCNC5=O)=CC2)CC1. The summed E-state index contributed by atoms with van der Waals surface area (Å²) in [6.07, 6.45) is 10.7. The van der Waals surface area contributed by atoms with E-state index in [9.17, 15) is 4.79 Å². The Hall–Kier alpha value is -2.40. The fraction of sp³-hybridized carbons (Fsp3) is 0.455. The Morgan fingerprint density at radius 1 is 1.19 bits per heavy atom. The smallest absolute Gasteiger partial charge is 0.253 e. The van der Waals surface area contributed by atoms with Gasteiger partial charge in [0.2, 0.25) is 0 Å². The molecule has 5 nitrogen and oxygen atoms in total. The van der Waals surface area contributed by atoms with Crippen molar-refractivity contribution in [3.05, 3.63) is 47.8 Å². The molecule has 1 aromatic heterocycles. The van der Waals surface area contributed by atoms with Crippen LogP contribution in [0.15, 0.2) is 36.4 Å². The molecule has 1 atom stereocenters. The van der Waals surface area contributed by atoms with Crippen LogP contribution in [0, 0.1) is 11.8 Å². The molecule has 1 aromatic carbocycles. The fourth-order valence-electron chi connectivity index (χ4n) is 4.79. The van der Waals surface area contributed by atoms with Crippen molar-refractivity contribution in [2.24, 2.45) is 11.8 Å². The van der Waals surface area contributed by atoms with E-state index in [2.05, 4.69) is 40.1 Å². The predicted octanol–water partition coefficient (Wildman–Crippen LogP) is 3.08. The van der Waals surface area contributed by atoms with Gasteiger partial charge in [-0.25, -0.2) is 4.98 Å². The van der Waals surface area contributed by atoms with Gasteiger partial charge in [0.15, 0.2) is 0 Å². The topological polar surface area (TPSA) is 50.2 Å². The van der Waals surface area contributed by atoms with Crippen LogP contribution in [-0.2, 0) is 6.54 Å². The molecule has 0 bridgehead atoms. The van der Waals surface area contributed by atoms with Crippen molar-refractivity contribution in [3.63, 3.8) is 0 Å². The van der Waals surface area contributed by atoms with E-state index in [4.69, 9.17) is 4.98 Å². The molecule has 27 heavy (non-hydrogen) atoms. The Kier molecular flexibility index (Phi) is 4.12. The van der Waals surface area contributed by atoms with Crippen LogP contribution in [0.25, 0.3) is 16.6 Å². The van der Waals surface area contributed by atoms with E-state index in [1.165, 1.54) is 31.5 Å². The number of benzene rings is 1. The molecule has 1 N–H and O–H groups in total. The molecule has 140 valence electrons. The van der Waals surface area contributed by atoms with Crippen molar-refractivity contribution >= 4 is 22.5 Å². The minimum absolute atomic E-state index is 0.00120. The van der Waals surface area contributed by atoms with Gasteiger partial charge in [-0.15, -0.1) is 0 Å². The lowest BCUT2D eigenvalue weighted by Gasteiger charge is -2.33. The van der Waals surface area contributed by atoms with Crippen molar-refractivity contribution in [2.45, 2.75) is 25.8 Å². The summed E-state index contributed by atoms with van der Waals surface area (Å²) in [5.41, 5.74) is 3.80. The van der Waals surface area contributed by atoms with Crippen molar-refractivity contribution in [3.8, 4) is 0 Å². The van der Waals surface area contributed by atoms with Gasteiger partial charge in [0.25, 0.3) is 5.91 Å². The third kappa shape index (κ3) is 2.90. The zero-order valence-electron chi connectivity index (χ0n) is 15.8. The number of imidazole rings is 1. The molecule has 3 heterocycles. The zero-order valence-corrected chi connectivity index (χ0v) is 15.8. The third-order valence-corrected chi connectivity index (χ3v) is 6.39. The highest BCUT2D eigenvalue weighted by atomic mass is 16.1. The van der Waals surface area contributed by atoms with Crippen LogP contribution in [0.1, 0.15) is 35.4 Å². The number of para-hydroxylation sites is 1. The summed E-state index contributed by atoms with van der Waals surface area (Å²) >= 11 is 0. The molecule has 2 aromatic rings.